The van der Waals surface area contributed by atoms with E-state index >= 15 is 0 Å². The van der Waals surface area contributed by atoms with Crippen LogP contribution < -0.4 is 21.2 Å². The van der Waals surface area contributed by atoms with Crippen molar-refractivity contribution in [2.24, 2.45) is 0 Å². The van der Waals surface area contributed by atoms with E-state index in [0.717, 1.165) is 38.5 Å². The van der Waals surface area contributed by atoms with Crippen LogP contribution in [0.15, 0.2) is 121 Å². The van der Waals surface area contributed by atoms with Crippen LogP contribution in [-0.2, 0) is 18.9 Å². The molecule has 2 spiro atoms. The standard InChI is InChI=1S/C40H46O4P2/c1-31(45(33-19-7-3-8-20-33)34-21-9-4-10-22-34)37-38(32(2)46(35-23-11-5-12-24-35)36-25-13-6-14-26-36)44-40(28-16-18-30-42-40)39(43-37)27-15-17-29-41-39/h3-14,19-26,31-32,37-38H,15-18,27-30H2,1-2H3/t31-,32-,37-,38-,39-,40-/m1/s1. The van der Waals surface area contributed by atoms with Crippen LogP contribution in [0.2, 0.25) is 0 Å². The van der Waals surface area contributed by atoms with Gasteiger partial charge in [0.2, 0.25) is 11.6 Å². The lowest BCUT2D eigenvalue weighted by atomic mass is 9.87. The van der Waals surface area contributed by atoms with Gasteiger partial charge >= 0.3 is 0 Å². The van der Waals surface area contributed by atoms with Crippen LogP contribution in [0.4, 0.5) is 0 Å². The molecular weight excluding hydrogens is 606 g/mol. The molecule has 3 heterocycles. The summed E-state index contributed by atoms with van der Waals surface area (Å²) in [5.41, 5.74) is 0.304. The fourth-order valence-electron chi connectivity index (χ4n) is 7.71. The third-order valence-corrected chi connectivity index (χ3v) is 15.6. The minimum atomic E-state index is -0.905. The molecular formula is C40H46O4P2. The van der Waals surface area contributed by atoms with Crippen molar-refractivity contribution < 1.29 is 18.9 Å². The SMILES string of the molecule is C[C@H]([C@H]1O[C@]2(CCCCO2)[C@@]2(CCCCO2)O[C@@H]1[C@@H](C)P(c1ccccc1)c1ccccc1)P(c1ccccc1)c1ccccc1. The minimum Gasteiger partial charge on any atom is -0.345 e. The van der Waals surface area contributed by atoms with Gasteiger partial charge in [0.15, 0.2) is 0 Å². The number of fused-ring (bicyclic) bond motifs is 1. The summed E-state index contributed by atoms with van der Waals surface area (Å²) < 4.78 is 28.7. The second-order valence-electron chi connectivity index (χ2n) is 12.8. The minimum absolute atomic E-state index is 0.152. The molecule has 0 saturated carbocycles. The summed E-state index contributed by atoms with van der Waals surface area (Å²) in [6, 6.07) is 44.1. The van der Waals surface area contributed by atoms with Gasteiger partial charge in [0.05, 0.1) is 25.4 Å². The fourth-order valence-corrected chi connectivity index (χ4v) is 13.2. The lowest BCUT2D eigenvalue weighted by Gasteiger charge is -2.60. The van der Waals surface area contributed by atoms with Gasteiger partial charge in [0.1, 0.15) is 0 Å². The Hall–Kier alpha value is -2.42. The number of hydrogen-bond donors (Lipinski definition) is 0. The van der Waals surface area contributed by atoms with Gasteiger partial charge in [-0.05, 0) is 62.7 Å². The summed E-state index contributed by atoms with van der Waals surface area (Å²) in [6.45, 7) is 6.12. The van der Waals surface area contributed by atoms with E-state index in [0.29, 0.717) is 13.2 Å². The van der Waals surface area contributed by atoms with Crippen LogP contribution in [0.25, 0.3) is 0 Å². The molecule has 3 saturated heterocycles. The maximum absolute atomic E-state index is 7.60. The van der Waals surface area contributed by atoms with Crippen LogP contribution >= 0.6 is 15.8 Å². The van der Waals surface area contributed by atoms with Crippen LogP contribution in [-0.4, -0.2) is 48.3 Å². The molecule has 0 radical (unpaired) electrons. The highest BCUT2D eigenvalue weighted by molar-refractivity contribution is 7.74. The second-order valence-corrected chi connectivity index (χ2v) is 18.0. The first kappa shape index (κ1) is 32.1. The van der Waals surface area contributed by atoms with Gasteiger partial charge in [-0.15, -0.1) is 0 Å². The Morgan fingerprint density at radius 3 is 1.04 bits per heavy atom. The van der Waals surface area contributed by atoms with Crippen molar-refractivity contribution in [2.75, 3.05) is 13.2 Å². The first-order chi connectivity index (χ1) is 22.6. The quantitative estimate of drug-likeness (QED) is 0.184. The molecule has 4 nitrogen and oxygen atoms in total. The molecule has 3 aliphatic rings. The Bertz CT molecular complexity index is 1310. The molecule has 0 unspecified atom stereocenters. The van der Waals surface area contributed by atoms with Gasteiger partial charge in [0.25, 0.3) is 0 Å². The smallest absolute Gasteiger partial charge is 0.224 e. The van der Waals surface area contributed by atoms with Crippen LogP contribution in [0.1, 0.15) is 52.4 Å². The zero-order valence-electron chi connectivity index (χ0n) is 27.0. The van der Waals surface area contributed by atoms with E-state index in [2.05, 4.69) is 135 Å². The molecule has 4 aromatic rings. The lowest BCUT2D eigenvalue weighted by Crippen LogP contribution is -2.72. The second kappa shape index (κ2) is 14.4. The molecule has 0 aliphatic carbocycles. The predicted octanol–water partition coefficient (Wildman–Crippen LogP) is 7.61. The normalized spacial score (nSPS) is 28.0. The number of ether oxygens (including phenoxy) is 4. The van der Waals surface area contributed by atoms with Crippen molar-refractivity contribution in [3.8, 4) is 0 Å². The van der Waals surface area contributed by atoms with E-state index in [1.165, 1.54) is 21.2 Å². The zero-order chi connectivity index (χ0) is 31.4. The van der Waals surface area contributed by atoms with Gasteiger partial charge in [-0.1, -0.05) is 135 Å². The van der Waals surface area contributed by atoms with Crippen LogP contribution in [0.5, 0.6) is 0 Å². The summed E-state index contributed by atoms with van der Waals surface area (Å²) in [7, 11) is -1.55. The van der Waals surface area contributed by atoms with Crippen LogP contribution in [0, 0.1) is 0 Å². The molecule has 0 amide bonds. The summed E-state index contributed by atoms with van der Waals surface area (Å²) in [6.07, 6.45) is 5.34. The highest BCUT2D eigenvalue weighted by atomic mass is 31.1. The Kier molecular flexibility index (Phi) is 10.0. The number of hydrogen-bond acceptors (Lipinski definition) is 4. The molecule has 6 heteroatoms. The number of benzene rings is 4. The predicted molar refractivity (Wildman–Crippen MR) is 192 cm³/mol. The third-order valence-electron chi connectivity index (χ3n) is 9.93. The van der Waals surface area contributed by atoms with Gasteiger partial charge in [0, 0.05) is 24.2 Å². The summed E-state index contributed by atoms with van der Waals surface area (Å²) in [5.74, 6) is -1.81. The van der Waals surface area contributed by atoms with Crippen molar-refractivity contribution in [2.45, 2.75) is 87.5 Å². The van der Waals surface area contributed by atoms with Crippen molar-refractivity contribution in [3.05, 3.63) is 121 Å². The highest BCUT2D eigenvalue weighted by Gasteiger charge is 2.65. The van der Waals surface area contributed by atoms with Crippen molar-refractivity contribution in [3.63, 3.8) is 0 Å². The Labute approximate surface area is 277 Å². The monoisotopic (exact) mass is 652 g/mol. The average molecular weight is 653 g/mol. The molecule has 7 rings (SSSR count). The van der Waals surface area contributed by atoms with Crippen molar-refractivity contribution >= 4 is 37.1 Å². The molecule has 0 N–H and O–H groups in total. The molecule has 240 valence electrons. The van der Waals surface area contributed by atoms with Crippen molar-refractivity contribution in [1.82, 2.24) is 0 Å². The molecule has 6 atom stereocenters. The lowest BCUT2D eigenvalue weighted by molar-refractivity contribution is -0.480. The van der Waals surface area contributed by atoms with Gasteiger partial charge in [-0.25, -0.2) is 0 Å². The molecule has 3 aliphatic heterocycles. The van der Waals surface area contributed by atoms with Gasteiger partial charge in [-0.2, -0.15) is 0 Å². The van der Waals surface area contributed by atoms with E-state index in [1.807, 2.05) is 0 Å². The molecule has 3 fully saturated rings. The molecule has 4 aromatic carbocycles. The highest BCUT2D eigenvalue weighted by Crippen LogP contribution is 2.56. The van der Waals surface area contributed by atoms with E-state index in [-0.39, 0.29) is 23.5 Å². The molecule has 0 bridgehead atoms. The van der Waals surface area contributed by atoms with E-state index in [4.69, 9.17) is 18.9 Å². The van der Waals surface area contributed by atoms with E-state index in [1.54, 1.807) is 0 Å². The fraction of sp³-hybridized carbons (Fsp3) is 0.400. The first-order valence-corrected chi connectivity index (χ1v) is 19.9. The van der Waals surface area contributed by atoms with Crippen LogP contribution in [0.3, 0.4) is 0 Å². The third kappa shape index (κ3) is 6.26. The van der Waals surface area contributed by atoms with E-state index in [9.17, 15) is 0 Å². The molecule has 46 heavy (non-hydrogen) atoms. The Morgan fingerprint density at radius 1 is 0.478 bits per heavy atom. The van der Waals surface area contributed by atoms with Crippen molar-refractivity contribution in [1.29, 1.82) is 0 Å². The Morgan fingerprint density at radius 2 is 0.783 bits per heavy atom. The summed E-state index contributed by atoms with van der Waals surface area (Å²) >= 11 is 0. The topological polar surface area (TPSA) is 36.9 Å². The van der Waals surface area contributed by atoms with Gasteiger partial charge in [-0.3, -0.25) is 0 Å². The summed E-state index contributed by atoms with van der Waals surface area (Å²) in [5, 5.41) is 5.42. The molecule has 0 aromatic heterocycles. The largest absolute Gasteiger partial charge is 0.345 e. The Balaban J connectivity index is 1.36. The number of rotatable bonds is 8. The summed E-state index contributed by atoms with van der Waals surface area (Å²) in [4.78, 5) is 0. The maximum Gasteiger partial charge on any atom is 0.224 e. The van der Waals surface area contributed by atoms with E-state index < -0.39 is 27.4 Å². The maximum atomic E-state index is 7.60. The average Bonchev–Trinajstić information content (AvgIpc) is 3.12. The van der Waals surface area contributed by atoms with Gasteiger partial charge < -0.3 is 18.9 Å². The zero-order valence-corrected chi connectivity index (χ0v) is 28.8. The first-order valence-electron chi connectivity index (χ1n) is 17.0.